The van der Waals surface area contributed by atoms with Crippen LogP contribution in [0.15, 0.2) is 42.5 Å². The first-order valence-corrected chi connectivity index (χ1v) is 6.99. The number of nitro groups is 1. The minimum Gasteiger partial charge on any atom is -0.495 e. The van der Waals surface area contributed by atoms with Gasteiger partial charge in [-0.05, 0) is 40.8 Å². The number of amides is 1. The van der Waals surface area contributed by atoms with Crippen molar-refractivity contribution in [1.82, 2.24) is 0 Å². The number of nitrogens with zero attached hydrogens (tertiary/aromatic N) is 1. The maximum absolute atomic E-state index is 12.3. The average Bonchev–Trinajstić information content (AvgIpc) is 2.47. The Morgan fingerprint density at radius 3 is 2.67 bits per heavy atom. The van der Waals surface area contributed by atoms with Gasteiger partial charge in [0.05, 0.1) is 23.3 Å². The van der Waals surface area contributed by atoms with E-state index in [4.69, 9.17) is 4.74 Å². The van der Waals surface area contributed by atoms with E-state index >= 15 is 0 Å². The largest absolute Gasteiger partial charge is 0.495 e. The SMILES string of the molecule is COc1ccccc1NC(=O)c1cc([N+](=O)[O-])ccc1I. The highest BCUT2D eigenvalue weighted by Crippen LogP contribution is 2.25. The molecule has 0 radical (unpaired) electrons. The number of non-ortho nitro benzene ring substituents is 1. The lowest BCUT2D eigenvalue weighted by molar-refractivity contribution is -0.384. The fourth-order valence-corrected chi connectivity index (χ4v) is 2.32. The average molecular weight is 398 g/mol. The summed E-state index contributed by atoms with van der Waals surface area (Å²) >= 11 is 1.96. The molecule has 0 aliphatic heterocycles. The van der Waals surface area contributed by atoms with Gasteiger partial charge in [-0.2, -0.15) is 0 Å². The van der Waals surface area contributed by atoms with E-state index in [1.165, 1.54) is 25.3 Å². The Labute approximate surface area is 134 Å². The molecular formula is C14H11IN2O4. The molecule has 21 heavy (non-hydrogen) atoms. The second kappa shape index (κ2) is 6.53. The molecule has 0 heterocycles. The number of anilines is 1. The standard InChI is InChI=1S/C14H11IN2O4/c1-21-13-5-3-2-4-12(13)16-14(18)10-8-9(17(19)20)6-7-11(10)15/h2-8H,1H3,(H,16,18). The van der Waals surface area contributed by atoms with Gasteiger partial charge < -0.3 is 10.1 Å². The molecule has 6 nitrogen and oxygen atoms in total. The Bertz CT molecular complexity index is 703. The molecule has 0 saturated carbocycles. The zero-order chi connectivity index (χ0) is 15.4. The number of nitro benzene ring substituents is 1. The van der Waals surface area contributed by atoms with E-state index in [0.717, 1.165) is 0 Å². The molecule has 2 aromatic rings. The second-order valence-electron chi connectivity index (χ2n) is 4.08. The van der Waals surface area contributed by atoms with Gasteiger partial charge in [-0.15, -0.1) is 0 Å². The molecule has 1 N–H and O–H groups in total. The Morgan fingerprint density at radius 2 is 2.00 bits per heavy atom. The summed E-state index contributed by atoms with van der Waals surface area (Å²) in [6, 6.07) is 11.1. The molecule has 0 aliphatic carbocycles. The maximum Gasteiger partial charge on any atom is 0.270 e. The minimum atomic E-state index is -0.532. The van der Waals surface area contributed by atoms with Crippen LogP contribution in [0.5, 0.6) is 5.75 Å². The van der Waals surface area contributed by atoms with E-state index in [0.29, 0.717) is 15.0 Å². The lowest BCUT2D eigenvalue weighted by atomic mass is 10.2. The Kier molecular flexibility index (Phi) is 4.73. The van der Waals surface area contributed by atoms with E-state index in [1.807, 2.05) is 22.6 Å². The van der Waals surface area contributed by atoms with Gasteiger partial charge in [0.25, 0.3) is 11.6 Å². The van der Waals surface area contributed by atoms with E-state index in [2.05, 4.69) is 5.32 Å². The van der Waals surface area contributed by atoms with Crippen LogP contribution in [-0.4, -0.2) is 17.9 Å². The zero-order valence-electron chi connectivity index (χ0n) is 11.0. The number of para-hydroxylation sites is 2. The number of ether oxygens (including phenoxy) is 1. The van der Waals surface area contributed by atoms with E-state index in [-0.39, 0.29) is 11.3 Å². The summed E-state index contributed by atoms with van der Waals surface area (Å²) in [7, 11) is 1.50. The molecule has 2 aromatic carbocycles. The van der Waals surface area contributed by atoms with Crippen LogP contribution in [0.3, 0.4) is 0 Å². The van der Waals surface area contributed by atoms with Gasteiger partial charge >= 0.3 is 0 Å². The first-order chi connectivity index (χ1) is 10.0. The third-order valence-electron chi connectivity index (χ3n) is 2.76. The topological polar surface area (TPSA) is 81.5 Å². The summed E-state index contributed by atoms with van der Waals surface area (Å²) in [5.74, 6) is 0.0962. The molecule has 0 spiro atoms. The number of carbonyl (C=O) groups excluding carboxylic acids is 1. The number of carbonyl (C=O) groups is 1. The van der Waals surface area contributed by atoms with Crippen LogP contribution in [0.2, 0.25) is 0 Å². The minimum absolute atomic E-state index is 0.124. The molecule has 0 saturated heterocycles. The number of halogens is 1. The van der Waals surface area contributed by atoms with Gasteiger partial charge in [0.15, 0.2) is 0 Å². The van der Waals surface area contributed by atoms with Gasteiger partial charge in [-0.25, -0.2) is 0 Å². The molecule has 0 aromatic heterocycles. The van der Waals surface area contributed by atoms with Crippen molar-refractivity contribution in [3.63, 3.8) is 0 Å². The van der Waals surface area contributed by atoms with Crippen molar-refractivity contribution in [3.8, 4) is 5.75 Å². The smallest absolute Gasteiger partial charge is 0.270 e. The van der Waals surface area contributed by atoms with Gasteiger partial charge in [0, 0.05) is 15.7 Å². The molecule has 0 atom stereocenters. The van der Waals surface area contributed by atoms with Crippen molar-refractivity contribution in [3.05, 3.63) is 61.7 Å². The molecule has 108 valence electrons. The van der Waals surface area contributed by atoms with Crippen molar-refractivity contribution in [2.45, 2.75) is 0 Å². The quantitative estimate of drug-likeness (QED) is 0.486. The maximum atomic E-state index is 12.3. The van der Waals surface area contributed by atoms with Gasteiger partial charge in [-0.1, -0.05) is 12.1 Å². The highest BCUT2D eigenvalue weighted by molar-refractivity contribution is 14.1. The van der Waals surface area contributed by atoms with Crippen LogP contribution < -0.4 is 10.1 Å². The molecule has 0 bridgehead atoms. The van der Waals surface area contributed by atoms with Crippen molar-refractivity contribution in [2.75, 3.05) is 12.4 Å². The zero-order valence-corrected chi connectivity index (χ0v) is 13.2. The predicted molar refractivity (Wildman–Crippen MR) is 86.8 cm³/mol. The van der Waals surface area contributed by atoms with Crippen molar-refractivity contribution in [2.24, 2.45) is 0 Å². The molecular weight excluding hydrogens is 387 g/mol. The van der Waals surface area contributed by atoms with Gasteiger partial charge in [0.2, 0.25) is 0 Å². The van der Waals surface area contributed by atoms with Gasteiger partial charge in [-0.3, -0.25) is 14.9 Å². The van der Waals surface area contributed by atoms with Crippen LogP contribution >= 0.6 is 22.6 Å². The molecule has 0 unspecified atom stereocenters. The number of nitrogens with one attached hydrogen (secondary N) is 1. The Hall–Kier alpha value is -2.16. The molecule has 1 amide bonds. The van der Waals surface area contributed by atoms with Crippen LogP contribution in [0.25, 0.3) is 0 Å². The third kappa shape index (κ3) is 3.48. The number of hydrogen-bond acceptors (Lipinski definition) is 4. The summed E-state index contributed by atoms with van der Waals surface area (Å²) in [5.41, 5.74) is 0.628. The Balaban J connectivity index is 2.32. The van der Waals surface area contributed by atoms with Crippen molar-refractivity contribution < 1.29 is 14.5 Å². The highest BCUT2D eigenvalue weighted by Gasteiger charge is 2.16. The molecule has 0 fully saturated rings. The Morgan fingerprint density at radius 1 is 1.29 bits per heavy atom. The molecule has 2 rings (SSSR count). The highest BCUT2D eigenvalue weighted by atomic mass is 127. The number of rotatable bonds is 4. The van der Waals surface area contributed by atoms with E-state index < -0.39 is 10.8 Å². The number of methoxy groups -OCH3 is 1. The predicted octanol–water partition coefficient (Wildman–Crippen LogP) is 3.46. The normalized spacial score (nSPS) is 10.0. The van der Waals surface area contributed by atoms with Crippen LogP contribution in [0.1, 0.15) is 10.4 Å². The van der Waals surface area contributed by atoms with Gasteiger partial charge in [0.1, 0.15) is 5.75 Å². The van der Waals surface area contributed by atoms with E-state index in [9.17, 15) is 14.9 Å². The van der Waals surface area contributed by atoms with Crippen LogP contribution in [-0.2, 0) is 0 Å². The number of benzene rings is 2. The second-order valence-corrected chi connectivity index (χ2v) is 5.24. The lowest BCUT2D eigenvalue weighted by Gasteiger charge is -2.10. The lowest BCUT2D eigenvalue weighted by Crippen LogP contribution is -2.14. The summed E-state index contributed by atoms with van der Waals surface area (Å²) in [5, 5.41) is 13.5. The van der Waals surface area contributed by atoms with Crippen molar-refractivity contribution in [1.29, 1.82) is 0 Å². The summed E-state index contributed by atoms with van der Waals surface area (Å²) in [6.07, 6.45) is 0. The first-order valence-electron chi connectivity index (χ1n) is 5.91. The monoisotopic (exact) mass is 398 g/mol. The summed E-state index contributed by atoms with van der Waals surface area (Å²) in [6.45, 7) is 0. The first kappa shape index (κ1) is 15.2. The van der Waals surface area contributed by atoms with Crippen LogP contribution in [0.4, 0.5) is 11.4 Å². The fraction of sp³-hybridized carbons (Fsp3) is 0.0714. The fourth-order valence-electron chi connectivity index (χ4n) is 1.74. The molecule has 0 aliphatic rings. The van der Waals surface area contributed by atoms with E-state index in [1.54, 1.807) is 24.3 Å². The summed E-state index contributed by atoms with van der Waals surface area (Å²) < 4.78 is 5.78. The molecule has 7 heteroatoms. The third-order valence-corrected chi connectivity index (χ3v) is 3.70. The summed E-state index contributed by atoms with van der Waals surface area (Å²) in [4.78, 5) is 22.5. The van der Waals surface area contributed by atoms with Crippen molar-refractivity contribution >= 4 is 39.9 Å². The van der Waals surface area contributed by atoms with Crippen LogP contribution in [0, 0.1) is 13.7 Å². The number of hydrogen-bond donors (Lipinski definition) is 1.